The fraction of sp³-hybridized carbons (Fsp3) is 0.714. The number of likely N-dealkylation sites (N-methyl/N-ethyl adjacent to an activating group) is 1. The fourth-order valence-electron chi connectivity index (χ4n) is 1.04. The van der Waals surface area contributed by atoms with Gasteiger partial charge in [-0.2, -0.15) is 0 Å². The molecule has 0 aromatic carbocycles. The highest BCUT2D eigenvalue weighted by atomic mass is 16.6. The van der Waals surface area contributed by atoms with Crippen LogP contribution in [0.3, 0.4) is 0 Å². The van der Waals surface area contributed by atoms with E-state index in [1.54, 1.807) is 6.92 Å². The Kier molecular flexibility index (Phi) is 2.12. The van der Waals surface area contributed by atoms with Gasteiger partial charge < -0.3 is 4.74 Å². The number of carbonyl (C=O) groups is 2. The lowest BCUT2D eigenvalue weighted by Gasteiger charge is -2.05. The second-order valence-corrected chi connectivity index (χ2v) is 2.36. The SMILES string of the molecule is CCC1OC(=O)N(CC)C1=O. The summed E-state index contributed by atoms with van der Waals surface area (Å²) in [6.45, 7) is 3.96. The van der Waals surface area contributed by atoms with Gasteiger partial charge in [0.25, 0.3) is 5.91 Å². The van der Waals surface area contributed by atoms with E-state index in [0.29, 0.717) is 13.0 Å². The smallest absolute Gasteiger partial charge is 0.417 e. The van der Waals surface area contributed by atoms with Crippen molar-refractivity contribution in [1.82, 2.24) is 4.90 Å². The molecule has 0 radical (unpaired) electrons. The quantitative estimate of drug-likeness (QED) is 0.594. The number of carbonyl (C=O) groups excluding carboxylic acids is 2. The number of hydrogen-bond donors (Lipinski definition) is 0. The zero-order chi connectivity index (χ0) is 8.43. The van der Waals surface area contributed by atoms with Gasteiger partial charge in [0, 0.05) is 6.54 Å². The van der Waals surface area contributed by atoms with Crippen molar-refractivity contribution in [3.63, 3.8) is 0 Å². The summed E-state index contributed by atoms with van der Waals surface area (Å²) in [6.07, 6.45) is -0.493. The van der Waals surface area contributed by atoms with E-state index in [1.807, 2.05) is 6.92 Å². The van der Waals surface area contributed by atoms with Crippen molar-refractivity contribution in [1.29, 1.82) is 0 Å². The number of cyclic esters (lactones) is 1. The van der Waals surface area contributed by atoms with Crippen LogP contribution in [-0.4, -0.2) is 29.5 Å². The molecule has 0 aromatic heterocycles. The zero-order valence-electron chi connectivity index (χ0n) is 6.66. The van der Waals surface area contributed by atoms with E-state index in [9.17, 15) is 9.59 Å². The van der Waals surface area contributed by atoms with Gasteiger partial charge in [-0.15, -0.1) is 0 Å². The molecule has 1 rings (SSSR count). The molecule has 1 saturated heterocycles. The first-order valence-corrected chi connectivity index (χ1v) is 3.72. The molecule has 1 aliphatic heterocycles. The molecule has 1 heterocycles. The van der Waals surface area contributed by atoms with E-state index >= 15 is 0 Å². The first-order chi connectivity index (χ1) is 5.20. The third-order valence-electron chi connectivity index (χ3n) is 1.69. The van der Waals surface area contributed by atoms with E-state index in [4.69, 9.17) is 4.74 Å². The molecule has 4 heteroatoms. The minimum absolute atomic E-state index is 0.208. The molecule has 11 heavy (non-hydrogen) atoms. The van der Waals surface area contributed by atoms with Crippen LogP contribution in [0.1, 0.15) is 20.3 Å². The number of amides is 2. The maximum atomic E-state index is 11.2. The van der Waals surface area contributed by atoms with E-state index in [1.165, 1.54) is 0 Å². The molecule has 1 unspecified atom stereocenters. The van der Waals surface area contributed by atoms with E-state index in [0.717, 1.165) is 4.90 Å². The molecule has 0 saturated carbocycles. The van der Waals surface area contributed by atoms with Crippen LogP contribution >= 0.6 is 0 Å². The summed E-state index contributed by atoms with van der Waals surface area (Å²) in [5.74, 6) is -0.208. The van der Waals surface area contributed by atoms with Crippen molar-refractivity contribution in [2.24, 2.45) is 0 Å². The largest absolute Gasteiger partial charge is 0.436 e. The lowest BCUT2D eigenvalue weighted by atomic mass is 10.2. The normalized spacial score (nSPS) is 24.2. The van der Waals surface area contributed by atoms with Gasteiger partial charge in [-0.25, -0.2) is 9.69 Å². The maximum absolute atomic E-state index is 11.2. The Bertz CT molecular complexity index is 190. The number of nitrogens with zero attached hydrogens (tertiary/aromatic N) is 1. The van der Waals surface area contributed by atoms with Gasteiger partial charge in [-0.1, -0.05) is 6.92 Å². The molecule has 2 amide bonds. The number of imide groups is 1. The van der Waals surface area contributed by atoms with Crippen molar-refractivity contribution < 1.29 is 14.3 Å². The van der Waals surface area contributed by atoms with Crippen molar-refractivity contribution in [2.75, 3.05) is 6.54 Å². The molecular weight excluding hydrogens is 146 g/mol. The Balaban J connectivity index is 2.71. The number of ether oxygens (including phenoxy) is 1. The Morgan fingerprint density at radius 3 is 2.36 bits per heavy atom. The summed E-state index contributed by atoms with van der Waals surface area (Å²) in [4.78, 5) is 23.1. The van der Waals surface area contributed by atoms with Gasteiger partial charge in [0.1, 0.15) is 0 Å². The van der Waals surface area contributed by atoms with Crippen molar-refractivity contribution in [2.45, 2.75) is 26.4 Å². The van der Waals surface area contributed by atoms with Gasteiger partial charge in [-0.3, -0.25) is 4.79 Å². The first kappa shape index (κ1) is 8.04. The topological polar surface area (TPSA) is 46.6 Å². The van der Waals surface area contributed by atoms with E-state index in [2.05, 4.69) is 0 Å². The Labute approximate surface area is 65.1 Å². The Morgan fingerprint density at radius 2 is 2.09 bits per heavy atom. The van der Waals surface area contributed by atoms with Crippen LogP contribution in [0.4, 0.5) is 4.79 Å². The summed E-state index contributed by atoms with van der Waals surface area (Å²) in [5, 5.41) is 0. The summed E-state index contributed by atoms with van der Waals surface area (Å²) in [5.41, 5.74) is 0. The molecule has 0 N–H and O–H groups in total. The fourth-order valence-corrected chi connectivity index (χ4v) is 1.04. The minimum atomic E-state index is -0.539. The van der Waals surface area contributed by atoms with Crippen molar-refractivity contribution in [3.8, 4) is 0 Å². The van der Waals surface area contributed by atoms with Crippen LogP contribution in [0.2, 0.25) is 0 Å². The third-order valence-corrected chi connectivity index (χ3v) is 1.69. The summed E-state index contributed by atoms with van der Waals surface area (Å²) < 4.78 is 4.76. The molecular formula is C7H11NO3. The van der Waals surface area contributed by atoms with Crippen LogP contribution < -0.4 is 0 Å². The zero-order valence-corrected chi connectivity index (χ0v) is 6.66. The van der Waals surface area contributed by atoms with Crippen LogP contribution in [0, 0.1) is 0 Å². The molecule has 0 spiro atoms. The Morgan fingerprint density at radius 1 is 1.45 bits per heavy atom. The molecule has 4 nitrogen and oxygen atoms in total. The minimum Gasteiger partial charge on any atom is -0.436 e. The highest BCUT2D eigenvalue weighted by molar-refractivity contribution is 5.99. The number of rotatable bonds is 2. The molecule has 1 atom stereocenters. The summed E-state index contributed by atoms with van der Waals surface area (Å²) >= 11 is 0. The molecule has 0 aliphatic carbocycles. The first-order valence-electron chi connectivity index (χ1n) is 3.72. The average Bonchev–Trinajstić information content (AvgIpc) is 2.26. The lowest BCUT2D eigenvalue weighted by Crippen LogP contribution is -2.30. The van der Waals surface area contributed by atoms with Gasteiger partial charge in [0.2, 0.25) is 0 Å². The predicted octanol–water partition coefficient (Wildman–Crippen LogP) is 0.764. The van der Waals surface area contributed by atoms with E-state index in [-0.39, 0.29) is 5.91 Å². The maximum Gasteiger partial charge on any atom is 0.417 e. The van der Waals surface area contributed by atoms with Crippen LogP contribution in [0.5, 0.6) is 0 Å². The Hall–Kier alpha value is -1.06. The van der Waals surface area contributed by atoms with Crippen molar-refractivity contribution in [3.05, 3.63) is 0 Å². The van der Waals surface area contributed by atoms with Crippen LogP contribution in [0.15, 0.2) is 0 Å². The average molecular weight is 157 g/mol. The number of hydrogen-bond acceptors (Lipinski definition) is 3. The molecule has 1 aliphatic rings. The van der Waals surface area contributed by atoms with Crippen molar-refractivity contribution >= 4 is 12.0 Å². The molecule has 0 bridgehead atoms. The molecule has 1 fully saturated rings. The molecule has 0 aromatic rings. The van der Waals surface area contributed by atoms with Crippen LogP contribution in [-0.2, 0) is 9.53 Å². The monoisotopic (exact) mass is 157 g/mol. The highest BCUT2D eigenvalue weighted by Crippen LogP contribution is 2.14. The van der Waals surface area contributed by atoms with Gasteiger partial charge in [0.15, 0.2) is 6.10 Å². The third kappa shape index (κ3) is 1.20. The lowest BCUT2D eigenvalue weighted by molar-refractivity contribution is -0.129. The van der Waals surface area contributed by atoms with Gasteiger partial charge in [-0.05, 0) is 13.3 Å². The standard InChI is InChI=1S/C7H11NO3/c1-3-5-6(9)8(4-2)7(10)11-5/h5H,3-4H2,1-2H3. The second-order valence-electron chi connectivity index (χ2n) is 2.36. The summed E-state index contributed by atoms with van der Waals surface area (Å²) in [6, 6.07) is 0. The predicted molar refractivity (Wildman–Crippen MR) is 37.9 cm³/mol. The van der Waals surface area contributed by atoms with Crippen LogP contribution in [0.25, 0.3) is 0 Å². The summed E-state index contributed by atoms with van der Waals surface area (Å²) in [7, 11) is 0. The molecule has 62 valence electrons. The van der Waals surface area contributed by atoms with Gasteiger partial charge in [0.05, 0.1) is 0 Å². The second kappa shape index (κ2) is 2.90. The van der Waals surface area contributed by atoms with E-state index < -0.39 is 12.2 Å². The van der Waals surface area contributed by atoms with Gasteiger partial charge >= 0.3 is 6.09 Å². The highest BCUT2D eigenvalue weighted by Gasteiger charge is 2.37.